The zero-order valence-electron chi connectivity index (χ0n) is 19.7. The van der Waals surface area contributed by atoms with Crippen molar-refractivity contribution in [2.24, 2.45) is 0 Å². The molecule has 1 atom stereocenters. The van der Waals surface area contributed by atoms with Gasteiger partial charge in [-0.05, 0) is 72.9 Å². The van der Waals surface area contributed by atoms with Crippen LogP contribution in [0.2, 0.25) is 0 Å². The Kier molecular flexibility index (Phi) is 5.85. The summed E-state index contributed by atoms with van der Waals surface area (Å²) in [4.78, 5) is 0. The molecular formula is C31H32OP+. The second kappa shape index (κ2) is 8.81. The lowest BCUT2D eigenvalue weighted by Gasteiger charge is -2.36. The van der Waals surface area contributed by atoms with Gasteiger partial charge >= 0.3 is 0 Å². The Morgan fingerprint density at radius 3 is 1.67 bits per heavy atom. The molecule has 33 heavy (non-hydrogen) atoms. The average Bonchev–Trinajstić information content (AvgIpc) is 2.86. The fraction of sp³-hybridized carbons (Fsp3) is 0.226. The summed E-state index contributed by atoms with van der Waals surface area (Å²) in [5.41, 5.74) is 3.16. The van der Waals surface area contributed by atoms with Gasteiger partial charge in [0, 0.05) is 5.56 Å². The molecule has 1 aliphatic heterocycles. The van der Waals surface area contributed by atoms with Gasteiger partial charge in [0.15, 0.2) is 0 Å². The van der Waals surface area contributed by atoms with E-state index in [9.17, 15) is 0 Å². The van der Waals surface area contributed by atoms with E-state index in [-0.39, 0.29) is 5.41 Å². The van der Waals surface area contributed by atoms with Crippen LogP contribution in [0.25, 0.3) is 0 Å². The molecule has 0 bridgehead atoms. The summed E-state index contributed by atoms with van der Waals surface area (Å²) in [6.07, 6.45) is 1.05. The maximum atomic E-state index is 6.04. The van der Waals surface area contributed by atoms with Gasteiger partial charge in [0.2, 0.25) is 0 Å². The molecule has 4 aromatic rings. The standard InChI is InChI=1S/C31H32OP/c1-24(25-19-20-30-29(23-25)31(2,3)21-22-32-30)33(26-13-7-4-8-14-26,27-15-9-5-10-16-27)28-17-11-6-12-18-28/h4-20,23-24H,21-22H2,1-3H3/q+1/t24-/m0/s1. The van der Waals surface area contributed by atoms with Gasteiger partial charge in [-0.2, -0.15) is 0 Å². The van der Waals surface area contributed by atoms with Crippen LogP contribution in [0, 0.1) is 0 Å². The average molecular weight is 452 g/mol. The molecule has 0 aromatic heterocycles. The third-order valence-electron chi connectivity index (χ3n) is 7.27. The lowest BCUT2D eigenvalue weighted by molar-refractivity contribution is 0.234. The first-order valence-corrected chi connectivity index (χ1v) is 13.7. The minimum Gasteiger partial charge on any atom is -0.493 e. The topological polar surface area (TPSA) is 9.23 Å². The Morgan fingerprint density at radius 2 is 1.18 bits per heavy atom. The highest BCUT2D eigenvalue weighted by Gasteiger charge is 2.51. The lowest BCUT2D eigenvalue weighted by Crippen LogP contribution is -2.34. The molecule has 1 heterocycles. The maximum Gasteiger partial charge on any atom is 0.123 e. The molecule has 0 amide bonds. The molecule has 2 heteroatoms. The summed E-state index contributed by atoms with van der Waals surface area (Å²) in [7, 11) is -1.98. The summed E-state index contributed by atoms with van der Waals surface area (Å²) < 4.78 is 6.04. The van der Waals surface area contributed by atoms with Crippen LogP contribution in [0.5, 0.6) is 5.75 Å². The largest absolute Gasteiger partial charge is 0.493 e. The molecule has 5 rings (SSSR count). The van der Waals surface area contributed by atoms with E-state index in [1.807, 2.05) is 0 Å². The van der Waals surface area contributed by atoms with E-state index in [0.29, 0.717) is 5.66 Å². The van der Waals surface area contributed by atoms with E-state index < -0.39 is 7.26 Å². The first-order valence-electron chi connectivity index (χ1n) is 11.9. The van der Waals surface area contributed by atoms with Crippen LogP contribution in [0.3, 0.4) is 0 Å². The quantitative estimate of drug-likeness (QED) is 0.303. The van der Waals surface area contributed by atoms with Gasteiger partial charge in [0.25, 0.3) is 0 Å². The first-order chi connectivity index (χ1) is 16.0. The molecule has 0 radical (unpaired) electrons. The van der Waals surface area contributed by atoms with Crippen molar-refractivity contribution >= 4 is 23.2 Å². The first kappa shape index (κ1) is 21.9. The van der Waals surface area contributed by atoms with E-state index in [2.05, 4.69) is 130 Å². The van der Waals surface area contributed by atoms with E-state index in [1.54, 1.807) is 0 Å². The van der Waals surface area contributed by atoms with Crippen LogP contribution in [-0.4, -0.2) is 6.61 Å². The second-order valence-electron chi connectivity index (χ2n) is 9.64. The third kappa shape index (κ3) is 3.79. The number of hydrogen-bond donors (Lipinski definition) is 0. The van der Waals surface area contributed by atoms with Crippen LogP contribution in [0.1, 0.15) is 44.0 Å². The molecule has 0 unspecified atom stereocenters. The summed E-state index contributed by atoms with van der Waals surface area (Å²) >= 11 is 0. The molecular weight excluding hydrogens is 419 g/mol. The van der Waals surface area contributed by atoms with Crippen LogP contribution in [0.15, 0.2) is 109 Å². The van der Waals surface area contributed by atoms with Gasteiger partial charge in [-0.1, -0.05) is 74.5 Å². The molecule has 166 valence electrons. The highest BCUT2D eigenvalue weighted by molar-refractivity contribution is 7.95. The van der Waals surface area contributed by atoms with E-state index >= 15 is 0 Å². The van der Waals surface area contributed by atoms with Crippen molar-refractivity contribution in [1.29, 1.82) is 0 Å². The zero-order valence-corrected chi connectivity index (χ0v) is 20.6. The molecule has 0 N–H and O–H groups in total. The molecule has 1 nitrogen and oxygen atoms in total. The van der Waals surface area contributed by atoms with Gasteiger partial charge in [-0.3, -0.25) is 0 Å². The fourth-order valence-corrected chi connectivity index (χ4v) is 10.1. The SMILES string of the molecule is C[C@@H](c1ccc2c(c1)C(C)(C)CCO2)[P+](c1ccccc1)(c1ccccc1)c1ccccc1. The van der Waals surface area contributed by atoms with Crippen molar-refractivity contribution in [2.45, 2.75) is 38.3 Å². The normalized spacial score (nSPS) is 15.8. The molecule has 0 fully saturated rings. The molecule has 0 aliphatic carbocycles. The van der Waals surface area contributed by atoms with Gasteiger partial charge in [-0.25, -0.2) is 0 Å². The summed E-state index contributed by atoms with van der Waals surface area (Å²) in [5.74, 6) is 1.05. The smallest absolute Gasteiger partial charge is 0.123 e. The van der Waals surface area contributed by atoms with Gasteiger partial charge in [0.1, 0.15) is 34.6 Å². The molecule has 0 saturated carbocycles. The van der Waals surface area contributed by atoms with Gasteiger partial charge < -0.3 is 4.74 Å². The number of ether oxygens (including phenoxy) is 1. The van der Waals surface area contributed by atoms with Crippen LogP contribution in [0.4, 0.5) is 0 Å². The Bertz CT molecular complexity index is 1120. The van der Waals surface area contributed by atoms with E-state index in [4.69, 9.17) is 4.74 Å². The summed E-state index contributed by atoms with van der Waals surface area (Å²) in [6, 6.07) is 40.4. The van der Waals surface area contributed by atoms with Crippen LogP contribution in [-0.2, 0) is 5.41 Å². The van der Waals surface area contributed by atoms with E-state index in [1.165, 1.54) is 27.0 Å². The Morgan fingerprint density at radius 1 is 0.697 bits per heavy atom. The van der Waals surface area contributed by atoms with Crippen LogP contribution >= 0.6 is 7.26 Å². The van der Waals surface area contributed by atoms with Crippen molar-refractivity contribution in [3.8, 4) is 5.75 Å². The number of fused-ring (bicyclic) bond motifs is 1. The lowest BCUT2D eigenvalue weighted by atomic mass is 9.79. The van der Waals surface area contributed by atoms with Gasteiger partial charge in [0.05, 0.1) is 6.61 Å². The summed E-state index contributed by atoms with van der Waals surface area (Å²) in [6.45, 7) is 7.91. The Balaban J connectivity index is 1.78. The molecule has 4 aromatic carbocycles. The highest BCUT2D eigenvalue weighted by Crippen LogP contribution is 2.66. The van der Waals surface area contributed by atoms with Crippen LogP contribution < -0.4 is 20.7 Å². The second-order valence-corrected chi connectivity index (χ2v) is 13.4. The number of hydrogen-bond acceptors (Lipinski definition) is 1. The molecule has 0 spiro atoms. The molecule has 1 aliphatic rings. The van der Waals surface area contributed by atoms with Crippen molar-refractivity contribution in [3.05, 3.63) is 120 Å². The van der Waals surface area contributed by atoms with Crippen molar-refractivity contribution in [3.63, 3.8) is 0 Å². The zero-order chi connectivity index (χ0) is 22.9. The van der Waals surface area contributed by atoms with Crippen molar-refractivity contribution in [1.82, 2.24) is 0 Å². The Labute approximate surface area is 198 Å². The highest BCUT2D eigenvalue weighted by atomic mass is 31.2. The van der Waals surface area contributed by atoms with Gasteiger partial charge in [-0.15, -0.1) is 0 Å². The predicted octanol–water partition coefficient (Wildman–Crippen LogP) is 6.80. The molecule has 0 saturated heterocycles. The fourth-order valence-electron chi connectivity index (χ4n) is 5.34. The Hall–Kier alpha value is -2.89. The monoisotopic (exact) mass is 451 g/mol. The number of rotatable bonds is 5. The minimum absolute atomic E-state index is 0.122. The minimum atomic E-state index is -1.98. The third-order valence-corrected chi connectivity index (χ3v) is 12.1. The maximum absolute atomic E-state index is 6.04. The van der Waals surface area contributed by atoms with Crippen molar-refractivity contribution in [2.75, 3.05) is 6.61 Å². The number of benzene rings is 4. The predicted molar refractivity (Wildman–Crippen MR) is 143 cm³/mol. The summed E-state index contributed by atoms with van der Waals surface area (Å²) in [5, 5.41) is 4.26. The van der Waals surface area contributed by atoms with E-state index in [0.717, 1.165) is 18.8 Å². The van der Waals surface area contributed by atoms with Crippen molar-refractivity contribution < 1.29 is 4.74 Å².